The Kier molecular flexibility index (Phi) is 5.05. The third-order valence-electron chi connectivity index (χ3n) is 3.32. The SMILES string of the molecule is CCCN(CC(O)COc1cccc(N)c1)C1CC1. The predicted octanol–water partition coefficient (Wildman–Crippen LogP) is 1.88. The molecule has 3 N–H and O–H groups in total. The fourth-order valence-electron chi connectivity index (χ4n) is 2.27. The van der Waals surface area contributed by atoms with Crippen LogP contribution < -0.4 is 10.5 Å². The minimum atomic E-state index is -0.450. The van der Waals surface area contributed by atoms with E-state index in [1.807, 2.05) is 18.2 Å². The van der Waals surface area contributed by atoms with E-state index in [0.717, 1.165) is 13.0 Å². The van der Waals surface area contributed by atoms with Gasteiger partial charge in [0.1, 0.15) is 18.5 Å². The summed E-state index contributed by atoms with van der Waals surface area (Å²) in [7, 11) is 0. The van der Waals surface area contributed by atoms with Gasteiger partial charge in [0.2, 0.25) is 0 Å². The summed E-state index contributed by atoms with van der Waals surface area (Å²) in [4.78, 5) is 2.37. The number of anilines is 1. The summed E-state index contributed by atoms with van der Waals surface area (Å²) >= 11 is 0. The highest BCUT2D eigenvalue weighted by Gasteiger charge is 2.29. The highest BCUT2D eigenvalue weighted by atomic mass is 16.5. The van der Waals surface area contributed by atoms with Crippen LogP contribution in [-0.4, -0.2) is 41.8 Å². The Hall–Kier alpha value is -1.26. The van der Waals surface area contributed by atoms with Crippen LogP contribution in [0.4, 0.5) is 5.69 Å². The minimum absolute atomic E-state index is 0.316. The first kappa shape index (κ1) is 14.2. The molecule has 1 aliphatic carbocycles. The van der Waals surface area contributed by atoms with Crippen LogP contribution >= 0.6 is 0 Å². The Labute approximate surface area is 115 Å². The molecule has 1 aliphatic rings. The Bertz CT molecular complexity index is 393. The van der Waals surface area contributed by atoms with E-state index in [9.17, 15) is 5.11 Å². The molecule has 1 aromatic carbocycles. The maximum atomic E-state index is 10.1. The van der Waals surface area contributed by atoms with E-state index < -0.39 is 6.10 Å². The van der Waals surface area contributed by atoms with Crippen molar-refractivity contribution in [1.29, 1.82) is 0 Å². The Morgan fingerprint density at radius 1 is 1.47 bits per heavy atom. The number of nitrogens with zero attached hydrogens (tertiary/aromatic N) is 1. The molecule has 0 aromatic heterocycles. The fourth-order valence-corrected chi connectivity index (χ4v) is 2.27. The van der Waals surface area contributed by atoms with Crippen LogP contribution in [0.5, 0.6) is 5.75 Å². The number of hydrogen-bond acceptors (Lipinski definition) is 4. The Balaban J connectivity index is 1.75. The first-order valence-electron chi connectivity index (χ1n) is 7.09. The van der Waals surface area contributed by atoms with Crippen molar-refractivity contribution >= 4 is 5.69 Å². The molecule has 2 rings (SSSR count). The minimum Gasteiger partial charge on any atom is -0.491 e. The maximum Gasteiger partial charge on any atom is 0.121 e. The van der Waals surface area contributed by atoms with E-state index in [1.54, 1.807) is 6.07 Å². The fraction of sp³-hybridized carbons (Fsp3) is 0.600. The largest absolute Gasteiger partial charge is 0.491 e. The molecule has 19 heavy (non-hydrogen) atoms. The van der Waals surface area contributed by atoms with E-state index in [-0.39, 0.29) is 0 Å². The van der Waals surface area contributed by atoms with Crippen molar-refractivity contribution in [3.63, 3.8) is 0 Å². The average molecular weight is 264 g/mol. The van der Waals surface area contributed by atoms with Gasteiger partial charge in [-0.3, -0.25) is 4.90 Å². The van der Waals surface area contributed by atoms with Crippen LogP contribution in [-0.2, 0) is 0 Å². The van der Waals surface area contributed by atoms with Gasteiger partial charge in [0.05, 0.1) is 0 Å². The second-order valence-electron chi connectivity index (χ2n) is 5.26. The zero-order valence-electron chi connectivity index (χ0n) is 11.6. The lowest BCUT2D eigenvalue weighted by Gasteiger charge is -2.24. The molecule has 1 atom stereocenters. The van der Waals surface area contributed by atoms with E-state index in [2.05, 4.69) is 11.8 Å². The smallest absolute Gasteiger partial charge is 0.121 e. The Morgan fingerprint density at radius 3 is 2.89 bits per heavy atom. The molecule has 1 unspecified atom stereocenters. The zero-order chi connectivity index (χ0) is 13.7. The number of nitrogens with two attached hydrogens (primary N) is 1. The summed E-state index contributed by atoms with van der Waals surface area (Å²) in [5.74, 6) is 0.715. The first-order valence-corrected chi connectivity index (χ1v) is 7.09. The molecular weight excluding hydrogens is 240 g/mol. The zero-order valence-corrected chi connectivity index (χ0v) is 11.6. The average Bonchev–Trinajstić information content (AvgIpc) is 3.20. The second kappa shape index (κ2) is 6.78. The van der Waals surface area contributed by atoms with E-state index in [0.29, 0.717) is 30.6 Å². The van der Waals surface area contributed by atoms with Gasteiger partial charge in [-0.1, -0.05) is 13.0 Å². The van der Waals surface area contributed by atoms with Crippen molar-refractivity contribution in [3.05, 3.63) is 24.3 Å². The summed E-state index contributed by atoms with van der Waals surface area (Å²) in [6, 6.07) is 7.98. The van der Waals surface area contributed by atoms with Gasteiger partial charge in [-0.15, -0.1) is 0 Å². The quantitative estimate of drug-likeness (QED) is 0.704. The summed E-state index contributed by atoms with van der Waals surface area (Å²) in [5.41, 5.74) is 6.36. The number of nitrogen functional groups attached to an aromatic ring is 1. The number of ether oxygens (including phenoxy) is 1. The van der Waals surface area contributed by atoms with Crippen molar-refractivity contribution in [2.75, 3.05) is 25.4 Å². The van der Waals surface area contributed by atoms with E-state index in [1.165, 1.54) is 12.8 Å². The van der Waals surface area contributed by atoms with Crippen LogP contribution in [0.1, 0.15) is 26.2 Å². The molecule has 1 aromatic rings. The monoisotopic (exact) mass is 264 g/mol. The summed E-state index contributed by atoms with van der Waals surface area (Å²) in [5, 5.41) is 10.1. The molecule has 4 heteroatoms. The molecule has 0 saturated heterocycles. The molecule has 1 saturated carbocycles. The molecule has 0 spiro atoms. The topological polar surface area (TPSA) is 58.7 Å². The van der Waals surface area contributed by atoms with Crippen LogP contribution in [0.2, 0.25) is 0 Å². The third-order valence-corrected chi connectivity index (χ3v) is 3.32. The van der Waals surface area contributed by atoms with Gasteiger partial charge < -0.3 is 15.6 Å². The van der Waals surface area contributed by atoms with Gasteiger partial charge in [0, 0.05) is 24.3 Å². The highest BCUT2D eigenvalue weighted by molar-refractivity contribution is 5.43. The van der Waals surface area contributed by atoms with Crippen LogP contribution in [0.3, 0.4) is 0 Å². The molecule has 0 bridgehead atoms. The van der Waals surface area contributed by atoms with Gasteiger partial charge in [0.25, 0.3) is 0 Å². The molecule has 0 heterocycles. The van der Waals surface area contributed by atoms with Gasteiger partial charge in [-0.2, -0.15) is 0 Å². The van der Waals surface area contributed by atoms with E-state index in [4.69, 9.17) is 10.5 Å². The molecule has 1 fully saturated rings. The van der Waals surface area contributed by atoms with Crippen molar-refractivity contribution in [2.24, 2.45) is 0 Å². The summed E-state index contributed by atoms with van der Waals surface area (Å²) < 4.78 is 5.57. The van der Waals surface area contributed by atoms with Crippen LogP contribution in [0.15, 0.2) is 24.3 Å². The van der Waals surface area contributed by atoms with Gasteiger partial charge >= 0.3 is 0 Å². The molecule has 0 aliphatic heterocycles. The van der Waals surface area contributed by atoms with Crippen molar-refractivity contribution < 1.29 is 9.84 Å². The van der Waals surface area contributed by atoms with Crippen molar-refractivity contribution in [3.8, 4) is 5.75 Å². The Morgan fingerprint density at radius 2 is 2.26 bits per heavy atom. The molecule has 0 radical (unpaired) electrons. The van der Waals surface area contributed by atoms with Crippen LogP contribution in [0, 0.1) is 0 Å². The molecule has 0 amide bonds. The lowest BCUT2D eigenvalue weighted by molar-refractivity contribution is 0.0654. The predicted molar refractivity (Wildman–Crippen MR) is 77.2 cm³/mol. The number of aliphatic hydroxyl groups excluding tert-OH is 1. The molecular formula is C15H24N2O2. The van der Waals surface area contributed by atoms with Gasteiger partial charge in [-0.25, -0.2) is 0 Å². The summed E-state index contributed by atoms with van der Waals surface area (Å²) in [6.45, 7) is 4.24. The van der Waals surface area contributed by atoms with Crippen molar-refractivity contribution in [1.82, 2.24) is 4.90 Å². The second-order valence-corrected chi connectivity index (χ2v) is 5.26. The number of rotatable bonds is 8. The van der Waals surface area contributed by atoms with E-state index >= 15 is 0 Å². The first-order chi connectivity index (χ1) is 9.19. The lowest BCUT2D eigenvalue weighted by Crippen LogP contribution is -2.37. The highest BCUT2D eigenvalue weighted by Crippen LogP contribution is 2.27. The standard InChI is InChI=1S/C15H24N2O2/c1-2-8-17(13-6-7-13)10-14(18)11-19-15-5-3-4-12(16)9-15/h3-5,9,13-14,18H,2,6-8,10-11,16H2,1H3. The number of hydrogen-bond donors (Lipinski definition) is 2. The van der Waals surface area contributed by atoms with Gasteiger partial charge in [-0.05, 0) is 37.9 Å². The number of benzene rings is 1. The molecule has 106 valence electrons. The summed E-state index contributed by atoms with van der Waals surface area (Å²) in [6.07, 6.45) is 3.21. The maximum absolute atomic E-state index is 10.1. The number of aliphatic hydroxyl groups is 1. The van der Waals surface area contributed by atoms with Crippen LogP contribution in [0.25, 0.3) is 0 Å². The third kappa shape index (κ3) is 4.73. The van der Waals surface area contributed by atoms with Crippen molar-refractivity contribution in [2.45, 2.75) is 38.3 Å². The molecule has 4 nitrogen and oxygen atoms in total. The van der Waals surface area contributed by atoms with Gasteiger partial charge in [0.15, 0.2) is 0 Å². The normalized spacial score (nSPS) is 16.6. The lowest BCUT2D eigenvalue weighted by atomic mass is 10.3.